The van der Waals surface area contributed by atoms with Gasteiger partial charge in [-0.25, -0.2) is 0 Å². The largest absolute Gasteiger partial charge is 0.393 e. The second-order valence-electron chi connectivity index (χ2n) is 8.36. The van der Waals surface area contributed by atoms with Crippen LogP contribution in [0.25, 0.3) is 0 Å². The third kappa shape index (κ3) is 1.67. The molecule has 4 aliphatic rings. The van der Waals surface area contributed by atoms with Gasteiger partial charge in [-0.1, -0.05) is 38.2 Å². The monoisotopic (exact) mass is 302 g/mol. The van der Waals surface area contributed by atoms with Crippen LogP contribution in [0.1, 0.15) is 39.5 Å². The van der Waals surface area contributed by atoms with Gasteiger partial charge in [0, 0.05) is 11.3 Å². The highest BCUT2D eigenvalue weighted by Gasteiger charge is 2.59. The molecule has 0 aromatic rings. The summed E-state index contributed by atoms with van der Waals surface area (Å²) in [5.74, 6) is 1.16. The van der Waals surface area contributed by atoms with Crippen molar-refractivity contribution in [3.63, 3.8) is 0 Å². The molecule has 2 saturated carbocycles. The Hall–Kier alpha value is -0.930. The standard InChI is InChI=1S/C19H26O3/c1-18-10-8-15(20)17(22)14(18)4-3-11-12-5-6-16(21)19(12,2)9-7-13(11)18/h3-4,8,10-16,20-21H,5-7,9H2,1-2H3/t11-,12-,13-,14?,15?,16?,18+,19-/m0/s1. The van der Waals surface area contributed by atoms with Gasteiger partial charge < -0.3 is 10.2 Å². The van der Waals surface area contributed by atoms with Gasteiger partial charge >= 0.3 is 0 Å². The second-order valence-corrected chi connectivity index (χ2v) is 8.36. The maximum absolute atomic E-state index is 12.4. The van der Waals surface area contributed by atoms with E-state index in [1.54, 1.807) is 6.08 Å². The van der Waals surface area contributed by atoms with E-state index in [0.717, 1.165) is 25.7 Å². The first-order valence-corrected chi connectivity index (χ1v) is 8.65. The van der Waals surface area contributed by atoms with Gasteiger partial charge in [0.25, 0.3) is 0 Å². The highest BCUT2D eigenvalue weighted by molar-refractivity contribution is 5.90. The van der Waals surface area contributed by atoms with Crippen molar-refractivity contribution in [1.29, 1.82) is 0 Å². The number of hydrogen-bond donors (Lipinski definition) is 2. The van der Waals surface area contributed by atoms with Crippen molar-refractivity contribution < 1.29 is 15.0 Å². The van der Waals surface area contributed by atoms with E-state index in [9.17, 15) is 15.0 Å². The molecule has 120 valence electrons. The van der Waals surface area contributed by atoms with Gasteiger partial charge in [0.1, 0.15) is 6.10 Å². The lowest BCUT2D eigenvalue weighted by Crippen LogP contribution is -2.53. The van der Waals surface area contributed by atoms with Crippen molar-refractivity contribution in [2.24, 2.45) is 34.5 Å². The predicted octanol–water partition coefficient (Wildman–Crippen LogP) is 2.48. The Morgan fingerprint density at radius 3 is 2.59 bits per heavy atom. The number of Topliss-reactive ketones (excluding diaryl/α,β-unsaturated/α-hetero) is 1. The van der Waals surface area contributed by atoms with Crippen LogP contribution in [-0.2, 0) is 4.79 Å². The van der Waals surface area contributed by atoms with Crippen molar-refractivity contribution >= 4 is 5.78 Å². The van der Waals surface area contributed by atoms with Crippen molar-refractivity contribution in [3.05, 3.63) is 24.3 Å². The minimum Gasteiger partial charge on any atom is -0.393 e. The summed E-state index contributed by atoms with van der Waals surface area (Å²) in [7, 11) is 0. The normalized spacial score (nSPS) is 56.5. The molecule has 0 spiro atoms. The van der Waals surface area contributed by atoms with E-state index in [1.165, 1.54) is 0 Å². The van der Waals surface area contributed by atoms with Crippen LogP contribution in [0.3, 0.4) is 0 Å². The number of aliphatic hydroxyl groups excluding tert-OH is 2. The number of hydrogen-bond acceptors (Lipinski definition) is 3. The van der Waals surface area contributed by atoms with Crippen LogP contribution < -0.4 is 0 Å². The van der Waals surface area contributed by atoms with E-state index in [4.69, 9.17) is 0 Å². The lowest BCUT2D eigenvalue weighted by Gasteiger charge is -2.56. The molecular weight excluding hydrogens is 276 g/mol. The molecule has 0 aliphatic heterocycles. The van der Waals surface area contributed by atoms with Crippen LogP contribution in [0.4, 0.5) is 0 Å². The number of allylic oxidation sites excluding steroid dienone is 3. The highest BCUT2D eigenvalue weighted by Crippen LogP contribution is 2.63. The molecule has 3 unspecified atom stereocenters. The number of rotatable bonds is 0. The van der Waals surface area contributed by atoms with Gasteiger partial charge in [-0.3, -0.25) is 4.79 Å². The molecule has 0 aromatic heterocycles. The minimum atomic E-state index is -0.943. The predicted molar refractivity (Wildman–Crippen MR) is 83.9 cm³/mol. The maximum Gasteiger partial charge on any atom is 0.172 e. The average Bonchev–Trinajstić information content (AvgIpc) is 2.79. The van der Waals surface area contributed by atoms with Gasteiger partial charge in [0.15, 0.2) is 5.78 Å². The topological polar surface area (TPSA) is 57.5 Å². The summed E-state index contributed by atoms with van der Waals surface area (Å²) in [5.41, 5.74) is -0.138. The average molecular weight is 302 g/mol. The van der Waals surface area contributed by atoms with E-state index in [2.05, 4.69) is 26.0 Å². The number of aliphatic hydroxyl groups is 2. The molecule has 0 radical (unpaired) electrons. The van der Waals surface area contributed by atoms with Crippen LogP contribution in [-0.4, -0.2) is 28.2 Å². The molecule has 0 saturated heterocycles. The molecule has 0 heterocycles. The van der Waals surface area contributed by atoms with Crippen LogP contribution >= 0.6 is 0 Å². The minimum absolute atomic E-state index is 0.0383. The molecule has 2 N–H and O–H groups in total. The summed E-state index contributed by atoms with van der Waals surface area (Å²) in [5, 5.41) is 20.3. The smallest absolute Gasteiger partial charge is 0.172 e. The Bertz CT molecular complexity index is 565. The van der Waals surface area contributed by atoms with Gasteiger partial charge in [0.2, 0.25) is 0 Å². The Labute approximate surface area is 132 Å². The van der Waals surface area contributed by atoms with Gasteiger partial charge in [0.05, 0.1) is 6.10 Å². The fourth-order valence-electron chi connectivity index (χ4n) is 6.04. The van der Waals surface area contributed by atoms with E-state index in [1.807, 2.05) is 6.08 Å². The molecular formula is C19H26O3. The van der Waals surface area contributed by atoms with Crippen LogP contribution in [0, 0.1) is 34.5 Å². The highest BCUT2D eigenvalue weighted by atomic mass is 16.3. The molecule has 3 heteroatoms. The fourth-order valence-corrected chi connectivity index (χ4v) is 6.04. The summed E-state index contributed by atoms with van der Waals surface area (Å²) in [6, 6.07) is 0. The zero-order chi connectivity index (χ0) is 15.7. The fraction of sp³-hybridized carbons (Fsp3) is 0.737. The first kappa shape index (κ1) is 14.6. The summed E-state index contributed by atoms with van der Waals surface area (Å²) >= 11 is 0. The lowest BCUT2D eigenvalue weighted by molar-refractivity contribution is -0.135. The third-order valence-corrected chi connectivity index (χ3v) is 7.51. The van der Waals surface area contributed by atoms with Crippen molar-refractivity contribution in [2.45, 2.75) is 51.7 Å². The van der Waals surface area contributed by atoms with E-state index >= 15 is 0 Å². The van der Waals surface area contributed by atoms with E-state index in [-0.39, 0.29) is 28.6 Å². The van der Waals surface area contributed by atoms with Crippen molar-refractivity contribution in [1.82, 2.24) is 0 Å². The third-order valence-electron chi connectivity index (χ3n) is 7.51. The van der Waals surface area contributed by atoms with E-state index in [0.29, 0.717) is 17.8 Å². The summed E-state index contributed by atoms with van der Waals surface area (Å²) in [6.07, 6.45) is 11.0. The van der Waals surface area contributed by atoms with Crippen molar-refractivity contribution in [3.8, 4) is 0 Å². The number of carbonyl (C=O) groups excluding carboxylic acids is 1. The Morgan fingerprint density at radius 2 is 1.82 bits per heavy atom. The Kier molecular flexibility index (Phi) is 3.03. The Balaban J connectivity index is 1.74. The molecule has 8 atom stereocenters. The quantitative estimate of drug-likeness (QED) is 0.676. The molecule has 4 aliphatic carbocycles. The van der Waals surface area contributed by atoms with Crippen LogP contribution in [0.5, 0.6) is 0 Å². The zero-order valence-corrected chi connectivity index (χ0v) is 13.4. The molecule has 0 amide bonds. The van der Waals surface area contributed by atoms with Crippen LogP contribution in [0.15, 0.2) is 24.3 Å². The SMILES string of the molecule is C[C@]12C=CC(O)C(=O)C1C=C[C@@H]1[C@@H]2CC[C@]2(C)C(O)CC[C@@H]12. The molecule has 2 fully saturated rings. The van der Waals surface area contributed by atoms with Crippen molar-refractivity contribution in [2.75, 3.05) is 0 Å². The molecule has 22 heavy (non-hydrogen) atoms. The number of fused-ring (bicyclic) bond motifs is 5. The van der Waals surface area contributed by atoms with Gasteiger partial charge in [-0.2, -0.15) is 0 Å². The Morgan fingerprint density at radius 1 is 1.05 bits per heavy atom. The van der Waals surface area contributed by atoms with Gasteiger partial charge in [-0.15, -0.1) is 0 Å². The lowest BCUT2D eigenvalue weighted by atomic mass is 9.48. The first-order chi connectivity index (χ1) is 10.4. The summed E-state index contributed by atoms with van der Waals surface area (Å²) < 4.78 is 0. The molecule has 0 aromatic carbocycles. The van der Waals surface area contributed by atoms with E-state index < -0.39 is 6.10 Å². The summed E-state index contributed by atoms with van der Waals surface area (Å²) in [6.45, 7) is 4.44. The molecule has 3 nitrogen and oxygen atoms in total. The second kappa shape index (κ2) is 4.55. The zero-order valence-electron chi connectivity index (χ0n) is 13.4. The van der Waals surface area contributed by atoms with Crippen LogP contribution in [0.2, 0.25) is 0 Å². The number of carbonyl (C=O) groups is 1. The summed E-state index contributed by atoms with van der Waals surface area (Å²) in [4.78, 5) is 12.4. The number of ketones is 1. The first-order valence-electron chi connectivity index (χ1n) is 8.65. The molecule has 0 bridgehead atoms. The van der Waals surface area contributed by atoms with Gasteiger partial charge in [-0.05, 0) is 48.9 Å². The maximum atomic E-state index is 12.4. The molecule has 4 rings (SSSR count).